The zero-order valence-electron chi connectivity index (χ0n) is 10.9. The van der Waals surface area contributed by atoms with Crippen LogP contribution in [0.2, 0.25) is 0 Å². The van der Waals surface area contributed by atoms with Gasteiger partial charge in [0.1, 0.15) is 5.75 Å². The van der Waals surface area contributed by atoms with Crippen LogP contribution in [0.4, 0.5) is 0 Å². The molecule has 0 spiro atoms. The molecule has 2 aromatic carbocycles. The molecule has 1 nitrogen and oxygen atoms in total. The standard InChI is InChI=1S/C15H15ClOS2/c1-17-12-4-3-11(10-16)15(9-12)19-14-7-5-13(18-2)6-8-14/h3-9H,10H2,1-2H3. The maximum atomic E-state index is 5.98. The van der Waals surface area contributed by atoms with Gasteiger partial charge in [-0.2, -0.15) is 0 Å². The Bertz CT molecular complexity index is 540. The van der Waals surface area contributed by atoms with Crippen molar-refractivity contribution in [3.05, 3.63) is 48.0 Å². The first kappa shape index (κ1) is 14.6. The van der Waals surface area contributed by atoms with Gasteiger partial charge in [-0.15, -0.1) is 23.4 Å². The summed E-state index contributed by atoms with van der Waals surface area (Å²) < 4.78 is 5.27. The second-order valence-corrected chi connectivity index (χ2v) is 6.15. The van der Waals surface area contributed by atoms with E-state index in [0.717, 1.165) is 16.2 Å². The minimum absolute atomic E-state index is 0.509. The largest absolute Gasteiger partial charge is 0.497 e. The van der Waals surface area contributed by atoms with Crippen LogP contribution in [0.3, 0.4) is 0 Å². The summed E-state index contributed by atoms with van der Waals surface area (Å²) in [5, 5.41) is 0. The molecule has 100 valence electrons. The van der Waals surface area contributed by atoms with E-state index < -0.39 is 0 Å². The zero-order chi connectivity index (χ0) is 13.7. The molecule has 0 aliphatic heterocycles. The first-order valence-corrected chi connectivity index (χ1v) is 8.39. The second kappa shape index (κ2) is 7.13. The molecule has 4 heteroatoms. The Morgan fingerprint density at radius 3 is 2.32 bits per heavy atom. The van der Waals surface area contributed by atoms with Crippen molar-refractivity contribution >= 4 is 35.1 Å². The van der Waals surface area contributed by atoms with Crippen molar-refractivity contribution in [1.82, 2.24) is 0 Å². The normalized spacial score (nSPS) is 10.5. The highest BCUT2D eigenvalue weighted by Crippen LogP contribution is 2.34. The van der Waals surface area contributed by atoms with E-state index in [9.17, 15) is 0 Å². The van der Waals surface area contributed by atoms with Crippen molar-refractivity contribution in [2.75, 3.05) is 13.4 Å². The molecule has 0 atom stereocenters. The van der Waals surface area contributed by atoms with E-state index in [4.69, 9.17) is 16.3 Å². The SMILES string of the molecule is COc1ccc(CCl)c(Sc2ccc(SC)cc2)c1. The Kier molecular flexibility index (Phi) is 5.49. The molecule has 2 rings (SSSR count). The highest BCUT2D eigenvalue weighted by atomic mass is 35.5. The third kappa shape index (κ3) is 3.85. The Labute approximate surface area is 127 Å². The summed E-state index contributed by atoms with van der Waals surface area (Å²) in [6, 6.07) is 14.5. The highest BCUT2D eigenvalue weighted by molar-refractivity contribution is 7.99. The van der Waals surface area contributed by atoms with Crippen molar-refractivity contribution in [3.8, 4) is 5.75 Å². The Balaban J connectivity index is 2.25. The molecule has 0 heterocycles. The molecule has 0 fully saturated rings. The van der Waals surface area contributed by atoms with Crippen LogP contribution in [-0.2, 0) is 5.88 Å². The molecule has 2 aromatic rings. The van der Waals surface area contributed by atoms with Crippen molar-refractivity contribution in [1.29, 1.82) is 0 Å². The monoisotopic (exact) mass is 310 g/mol. The predicted octanol–water partition coefficient (Wildman–Crippen LogP) is 5.31. The molecule has 0 bridgehead atoms. The lowest BCUT2D eigenvalue weighted by Gasteiger charge is -2.09. The first-order chi connectivity index (χ1) is 9.26. The fraction of sp³-hybridized carbons (Fsp3) is 0.200. The van der Waals surface area contributed by atoms with Gasteiger partial charge in [0, 0.05) is 20.6 Å². The smallest absolute Gasteiger partial charge is 0.120 e. The van der Waals surface area contributed by atoms with Crippen LogP contribution in [0.25, 0.3) is 0 Å². The average molecular weight is 311 g/mol. The third-order valence-electron chi connectivity index (χ3n) is 2.71. The fourth-order valence-electron chi connectivity index (χ4n) is 1.64. The number of alkyl halides is 1. The van der Waals surface area contributed by atoms with Crippen molar-refractivity contribution < 1.29 is 4.74 Å². The minimum atomic E-state index is 0.509. The Morgan fingerprint density at radius 2 is 1.74 bits per heavy atom. The molecule has 0 aliphatic carbocycles. The van der Waals surface area contributed by atoms with Crippen LogP contribution in [0.5, 0.6) is 5.75 Å². The molecule has 19 heavy (non-hydrogen) atoms. The van der Waals surface area contributed by atoms with Crippen molar-refractivity contribution in [3.63, 3.8) is 0 Å². The number of rotatable bonds is 5. The number of ether oxygens (including phenoxy) is 1. The predicted molar refractivity (Wildman–Crippen MR) is 84.9 cm³/mol. The van der Waals surface area contributed by atoms with Gasteiger partial charge in [0.2, 0.25) is 0 Å². The molecule has 0 saturated carbocycles. The minimum Gasteiger partial charge on any atom is -0.497 e. The summed E-state index contributed by atoms with van der Waals surface area (Å²) in [7, 11) is 1.68. The average Bonchev–Trinajstić information content (AvgIpc) is 2.48. The van der Waals surface area contributed by atoms with Crippen LogP contribution >= 0.6 is 35.1 Å². The zero-order valence-corrected chi connectivity index (χ0v) is 13.2. The lowest BCUT2D eigenvalue weighted by molar-refractivity contribution is 0.413. The summed E-state index contributed by atoms with van der Waals surface area (Å²) in [5.74, 6) is 1.37. The molecule has 0 N–H and O–H groups in total. The van der Waals surface area contributed by atoms with E-state index in [1.54, 1.807) is 30.6 Å². The lowest BCUT2D eigenvalue weighted by atomic mass is 10.2. The number of methoxy groups -OCH3 is 1. The van der Waals surface area contributed by atoms with Crippen LogP contribution in [0.1, 0.15) is 5.56 Å². The van der Waals surface area contributed by atoms with Gasteiger partial charge in [-0.05, 0) is 48.2 Å². The first-order valence-electron chi connectivity index (χ1n) is 5.81. The van der Waals surface area contributed by atoms with E-state index in [2.05, 4.69) is 30.5 Å². The van der Waals surface area contributed by atoms with Crippen molar-refractivity contribution in [2.45, 2.75) is 20.6 Å². The number of halogens is 1. The quantitative estimate of drug-likeness (QED) is 0.547. The number of hydrogen-bond acceptors (Lipinski definition) is 3. The van der Waals surface area contributed by atoms with Gasteiger partial charge in [0.15, 0.2) is 0 Å². The summed E-state index contributed by atoms with van der Waals surface area (Å²) in [6.07, 6.45) is 2.08. The Morgan fingerprint density at radius 1 is 1.05 bits per heavy atom. The number of hydrogen-bond donors (Lipinski definition) is 0. The van der Waals surface area contributed by atoms with E-state index in [0.29, 0.717) is 5.88 Å². The van der Waals surface area contributed by atoms with Gasteiger partial charge < -0.3 is 4.74 Å². The molecular weight excluding hydrogens is 296 g/mol. The van der Waals surface area contributed by atoms with Crippen LogP contribution in [0, 0.1) is 0 Å². The molecule has 0 unspecified atom stereocenters. The number of benzene rings is 2. The van der Waals surface area contributed by atoms with E-state index >= 15 is 0 Å². The van der Waals surface area contributed by atoms with Crippen LogP contribution in [-0.4, -0.2) is 13.4 Å². The molecule has 0 aromatic heterocycles. The second-order valence-electron chi connectivity index (χ2n) is 3.88. The van der Waals surface area contributed by atoms with Gasteiger partial charge >= 0.3 is 0 Å². The maximum Gasteiger partial charge on any atom is 0.120 e. The van der Waals surface area contributed by atoms with Gasteiger partial charge in [-0.1, -0.05) is 17.8 Å². The maximum absolute atomic E-state index is 5.98. The summed E-state index contributed by atoms with van der Waals surface area (Å²) in [6.45, 7) is 0. The van der Waals surface area contributed by atoms with Gasteiger partial charge in [0.25, 0.3) is 0 Å². The molecule has 0 aliphatic rings. The fourth-order valence-corrected chi connectivity index (χ4v) is 3.33. The van der Waals surface area contributed by atoms with Crippen molar-refractivity contribution in [2.24, 2.45) is 0 Å². The van der Waals surface area contributed by atoms with Gasteiger partial charge in [0.05, 0.1) is 7.11 Å². The van der Waals surface area contributed by atoms with E-state index in [-0.39, 0.29) is 0 Å². The van der Waals surface area contributed by atoms with Crippen LogP contribution in [0.15, 0.2) is 57.2 Å². The third-order valence-corrected chi connectivity index (χ3v) is 4.84. The van der Waals surface area contributed by atoms with Gasteiger partial charge in [-0.3, -0.25) is 0 Å². The van der Waals surface area contributed by atoms with Gasteiger partial charge in [-0.25, -0.2) is 0 Å². The topological polar surface area (TPSA) is 9.23 Å². The summed E-state index contributed by atoms with van der Waals surface area (Å²) >= 11 is 9.44. The summed E-state index contributed by atoms with van der Waals surface area (Å²) in [4.78, 5) is 3.62. The van der Waals surface area contributed by atoms with Crippen LogP contribution < -0.4 is 4.74 Å². The lowest BCUT2D eigenvalue weighted by Crippen LogP contribution is -1.88. The highest BCUT2D eigenvalue weighted by Gasteiger charge is 2.06. The number of thioether (sulfide) groups is 1. The summed E-state index contributed by atoms with van der Waals surface area (Å²) in [5.41, 5.74) is 1.13. The Hall–Kier alpha value is -0.770. The molecular formula is C15H15ClOS2. The molecule has 0 amide bonds. The van der Waals surface area contributed by atoms with E-state index in [1.165, 1.54) is 9.79 Å². The molecule has 0 saturated heterocycles. The molecule has 0 radical (unpaired) electrons. The van der Waals surface area contributed by atoms with E-state index in [1.807, 2.05) is 18.2 Å².